The van der Waals surface area contributed by atoms with Crippen molar-refractivity contribution >= 4 is 28.9 Å². The number of amides is 2. The topological polar surface area (TPSA) is 86.7 Å². The Labute approximate surface area is 110 Å². The fraction of sp³-hybridized carbons (Fsp3) is 0.727. The van der Waals surface area contributed by atoms with Gasteiger partial charge in [-0.25, -0.2) is 4.79 Å². The maximum absolute atomic E-state index is 11.8. The zero-order valence-electron chi connectivity index (χ0n) is 10.3. The van der Waals surface area contributed by atoms with Crippen molar-refractivity contribution in [2.75, 3.05) is 18.8 Å². The first-order chi connectivity index (χ1) is 8.56. The molecule has 0 unspecified atom stereocenters. The van der Waals surface area contributed by atoms with E-state index in [9.17, 15) is 14.4 Å². The van der Waals surface area contributed by atoms with Crippen molar-refractivity contribution in [3.8, 4) is 0 Å². The van der Waals surface area contributed by atoms with Crippen LogP contribution in [-0.2, 0) is 9.59 Å². The minimum Gasteiger partial charge on any atom is -0.480 e. The Morgan fingerprint density at radius 1 is 1.44 bits per heavy atom. The van der Waals surface area contributed by atoms with Gasteiger partial charge < -0.3 is 15.3 Å². The van der Waals surface area contributed by atoms with Gasteiger partial charge in [-0.05, 0) is 19.8 Å². The molecule has 102 valence electrons. The molecule has 0 aromatic heterocycles. The van der Waals surface area contributed by atoms with Gasteiger partial charge >= 0.3 is 5.97 Å². The fourth-order valence-corrected chi connectivity index (χ4v) is 2.60. The third-order valence-corrected chi connectivity index (χ3v) is 3.54. The van der Waals surface area contributed by atoms with E-state index in [4.69, 9.17) is 5.11 Å². The second-order valence-electron chi connectivity index (χ2n) is 4.00. The number of likely N-dealkylation sites (tertiary alicyclic amines) is 1. The molecule has 1 heterocycles. The molecule has 1 aliphatic heterocycles. The number of rotatable bonds is 5. The van der Waals surface area contributed by atoms with Gasteiger partial charge in [0.25, 0.3) is 5.24 Å². The lowest BCUT2D eigenvalue weighted by Crippen LogP contribution is -2.40. The van der Waals surface area contributed by atoms with Gasteiger partial charge in [-0.15, -0.1) is 0 Å². The largest absolute Gasteiger partial charge is 0.480 e. The monoisotopic (exact) mass is 274 g/mol. The minimum absolute atomic E-state index is 0.151. The summed E-state index contributed by atoms with van der Waals surface area (Å²) in [6.45, 7) is 2.89. The minimum atomic E-state index is -0.947. The van der Waals surface area contributed by atoms with E-state index in [-0.39, 0.29) is 17.6 Å². The van der Waals surface area contributed by atoms with Crippen molar-refractivity contribution in [1.29, 1.82) is 0 Å². The molecule has 1 rings (SSSR count). The second-order valence-corrected chi connectivity index (χ2v) is 5.07. The average molecular weight is 274 g/mol. The molecule has 1 fully saturated rings. The van der Waals surface area contributed by atoms with Crippen LogP contribution in [0, 0.1) is 0 Å². The molecule has 0 aromatic rings. The number of hydrogen-bond donors (Lipinski definition) is 2. The molecule has 0 aliphatic carbocycles. The molecule has 2 N–H and O–H groups in total. The van der Waals surface area contributed by atoms with Crippen LogP contribution < -0.4 is 5.32 Å². The van der Waals surface area contributed by atoms with Crippen molar-refractivity contribution < 1.29 is 19.5 Å². The first-order valence-electron chi connectivity index (χ1n) is 5.99. The summed E-state index contributed by atoms with van der Waals surface area (Å²) in [4.78, 5) is 35.3. The van der Waals surface area contributed by atoms with Gasteiger partial charge in [-0.2, -0.15) is 0 Å². The highest BCUT2D eigenvalue weighted by atomic mass is 32.2. The van der Waals surface area contributed by atoms with Crippen molar-refractivity contribution in [1.82, 2.24) is 10.2 Å². The quantitative estimate of drug-likeness (QED) is 0.778. The van der Waals surface area contributed by atoms with Crippen LogP contribution in [0.25, 0.3) is 0 Å². The Morgan fingerprint density at radius 2 is 2.17 bits per heavy atom. The molecule has 6 nitrogen and oxygen atoms in total. The molecular weight excluding hydrogens is 256 g/mol. The molecule has 2 amide bonds. The van der Waals surface area contributed by atoms with Gasteiger partial charge in [-0.1, -0.05) is 11.8 Å². The molecule has 1 atom stereocenters. The summed E-state index contributed by atoms with van der Waals surface area (Å²) < 4.78 is 0. The summed E-state index contributed by atoms with van der Waals surface area (Å²) in [6, 6.07) is -0.688. The predicted octanol–water partition coefficient (Wildman–Crippen LogP) is 0.915. The standard InChI is InChI=1S/C11H18N2O4S/c1-2-12-11(17)18-7-5-9(14)13-6-3-4-8(13)10(15)16/h8H,2-7H2,1H3,(H,12,17)(H,15,16)/t8-/m0/s1. The Hall–Kier alpha value is -1.24. The first kappa shape index (κ1) is 14.8. The van der Waals surface area contributed by atoms with E-state index in [0.29, 0.717) is 25.3 Å². The Bertz CT molecular complexity index is 335. The van der Waals surface area contributed by atoms with Gasteiger partial charge in [0.15, 0.2) is 0 Å². The van der Waals surface area contributed by atoms with Crippen molar-refractivity contribution in [3.63, 3.8) is 0 Å². The molecule has 0 saturated carbocycles. The number of hydrogen-bond acceptors (Lipinski definition) is 4. The zero-order chi connectivity index (χ0) is 13.5. The molecule has 7 heteroatoms. The van der Waals surface area contributed by atoms with E-state index in [0.717, 1.165) is 18.2 Å². The molecule has 1 aliphatic rings. The van der Waals surface area contributed by atoms with Crippen molar-refractivity contribution in [3.05, 3.63) is 0 Å². The number of thioether (sulfide) groups is 1. The number of aliphatic carboxylic acids is 1. The molecule has 0 radical (unpaired) electrons. The molecule has 0 bridgehead atoms. The zero-order valence-corrected chi connectivity index (χ0v) is 11.2. The Kier molecular flexibility index (Phi) is 5.97. The summed E-state index contributed by atoms with van der Waals surface area (Å²) in [5.41, 5.74) is 0. The third-order valence-electron chi connectivity index (χ3n) is 2.73. The van der Waals surface area contributed by atoms with Crippen LogP contribution in [0.3, 0.4) is 0 Å². The number of carboxylic acids is 1. The Morgan fingerprint density at radius 3 is 2.78 bits per heavy atom. The van der Waals surface area contributed by atoms with E-state index < -0.39 is 12.0 Å². The van der Waals surface area contributed by atoms with Crippen LogP contribution in [0.15, 0.2) is 0 Å². The first-order valence-corrected chi connectivity index (χ1v) is 6.97. The summed E-state index contributed by atoms with van der Waals surface area (Å²) in [7, 11) is 0. The van der Waals surface area contributed by atoms with Gasteiger partial charge in [-0.3, -0.25) is 9.59 Å². The smallest absolute Gasteiger partial charge is 0.326 e. The van der Waals surface area contributed by atoms with Gasteiger partial charge in [0.2, 0.25) is 5.91 Å². The van der Waals surface area contributed by atoms with Crippen LogP contribution in [0.5, 0.6) is 0 Å². The number of nitrogens with zero attached hydrogens (tertiary/aromatic N) is 1. The predicted molar refractivity (Wildman–Crippen MR) is 68.5 cm³/mol. The van der Waals surface area contributed by atoms with Crippen LogP contribution >= 0.6 is 11.8 Å². The Balaban J connectivity index is 2.32. The van der Waals surface area contributed by atoms with E-state index in [1.165, 1.54) is 4.90 Å². The summed E-state index contributed by atoms with van der Waals surface area (Å²) in [5, 5.41) is 11.4. The van der Waals surface area contributed by atoms with Gasteiger partial charge in [0.1, 0.15) is 6.04 Å². The normalized spacial score (nSPS) is 18.7. The number of carbonyl (C=O) groups excluding carboxylic acids is 2. The average Bonchev–Trinajstić information content (AvgIpc) is 2.78. The summed E-state index contributed by atoms with van der Waals surface area (Å²) in [5.74, 6) is -0.748. The SMILES string of the molecule is CCNC(=O)SCCC(=O)N1CCC[C@H]1C(=O)O. The number of nitrogens with one attached hydrogen (secondary N) is 1. The van der Waals surface area contributed by atoms with Gasteiger partial charge in [0, 0.05) is 25.3 Å². The van der Waals surface area contributed by atoms with Crippen molar-refractivity contribution in [2.24, 2.45) is 0 Å². The maximum atomic E-state index is 11.8. The molecule has 0 spiro atoms. The van der Waals surface area contributed by atoms with E-state index in [2.05, 4.69) is 5.32 Å². The molecule has 0 aromatic carbocycles. The van der Waals surface area contributed by atoms with Gasteiger partial charge in [0.05, 0.1) is 0 Å². The lowest BCUT2D eigenvalue weighted by Gasteiger charge is -2.21. The molecule has 18 heavy (non-hydrogen) atoms. The van der Waals surface area contributed by atoms with Crippen LogP contribution in [0.1, 0.15) is 26.2 Å². The number of carboxylic acid groups (broad SMARTS) is 1. The van der Waals surface area contributed by atoms with Crippen LogP contribution in [-0.4, -0.2) is 52.0 Å². The second kappa shape index (κ2) is 7.25. The van der Waals surface area contributed by atoms with E-state index in [1.54, 1.807) is 0 Å². The maximum Gasteiger partial charge on any atom is 0.326 e. The highest BCUT2D eigenvalue weighted by Crippen LogP contribution is 2.19. The highest BCUT2D eigenvalue weighted by molar-refractivity contribution is 8.13. The van der Waals surface area contributed by atoms with Crippen LogP contribution in [0.2, 0.25) is 0 Å². The third kappa shape index (κ3) is 4.21. The van der Waals surface area contributed by atoms with Crippen molar-refractivity contribution in [2.45, 2.75) is 32.2 Å². The molecular formula is C11H18N2O4S. The van der Waals surface area contributed by atoms with E-state index >= 15 is 0 Å². The highest BCUT2D eigenvalue weighted by Gasteiger charge is 2.33. The summed E-state index contributed by atoms with van der Waals surface area (Å²) >= 11 is 1.05. The molecule has 1 saturated heterocycles. The lowest BCUT2D eigenvalue weighted by molar-refractivity contribution is -0.148. The van der Waals surface area contributed by atoms with Crippen LogP contribution in [0.4, 0.5) is 4.79 Å². The lowest BCUT2D eigenvalue weighted by atomic mass is 10.2. The number of carbonyl (C=O) groups is 3. The summed E-state index contributed by atoms with van der Waals surface area (Å²) in [6.07, 6.45) is 1.45. The van der Waals surface area contributed by atoms with E-state index in [1.807, 2.05) is 6.92 Å². The fourth-order valence-electron chi connectivity index (χ4n) is 1.89.